The van der Waals surface area contributed by atoms with Gasteiger partial charge in [-0.05, 0) is 106 Å². The van der Waals surface area contributed by atoms with Gasteiger partial charge < -0.3 is 35.1 Å². The molecule has 0 spiro atoms. The van der Waals surface area contributed by atoms with E-state index in [1.165, 1.54) is 0 Å². The van der Waals surface area contributed by atoms with Crippen LogP contribution >= 0.6 is 13.5 Å². The first kappa shape index (κ1) is 51.7. The Hall–Kier alpha value is -6.61. The standard InChI is InChI=1S/C52H61N9O10.H2S/c53-48(65)46-47(35-10-13-39(14-11-35)71-38-8-2-1-3-9-38)56-61-42(18-21-54-49(46)61)34-19-23-59(24-20-34)45(64)33-70-31-30-69-29-5-7-37(62)6-4-22-57-25-27-58(28-26-57)36-12-15-40-41(32-36)52(68)60(51(40)67)43-16-17-44(63)55-50(43)66;/h1-3,8-15,32,34,42-43,54H,4-7,16-31,33H2,(H2,53,65)(H,55,63,66);1H2/t42-,43?;/m0./s1. The first-order valence-corrected chi connectivity index (χ1v) is 24.8. The van der Waals surface area contributed by atoms with E-state index in [2.05, 4.69) is 20.4 Å². The Morgan fingerprint density at radius 3 is 2.19 bits per heavy atom. The lowest BCUT2D eigenvalue weighted by atomic mass is 9.87. The third-order valence-electron chi connectivity index (χ3n) is 14.2. The van der Waals surface area contributed by atoms with E-state index in [4.69, 9.17) is 25.0 Å². The van der Waals surface area contributed by atoms with Gasteiger partial charge >= 0.3 is 0 Å². The largest absolute Gasteiger partial charge is 0.457 e. The summed E-state index contributed by atoms with van der Waals surface area (Å²) >= 11 is 0. The normalized spacial score (nSPS) is 19.3. The van der Waals surface area contributed by atoms with Crippen LogP contribution in [0.5, 0.6) is 11.5 Å². The Balaban J connectivity index is 0.00000693. The Morgan fingerprint density at radius 1 is 0.750 bits per heavy atom. The minimum absolute atomic E-state index is 0. The number of likely N-dealkylation sites (tertiary alicyclic amines) is 1. The fourth-order valence-electron chi connectivity index (χ4n) is 10.4. The third-order valence-corrected chi connectivity index (χ3v) is 14.2. The van der Waals surface area contributed by atoms with E-state index in [1.807, 2.05) is 70.2 Å². The molecular formula is C52H63N9O10S. The molecule has 1 aromatic heterocycles. The summed E-state index contributed by atoms with van der Waals surface area (Å²) < 4.78 is 19.2. The summed E-state index contributed by atoms with van der Waals surface area (Å²) in [5.74, 6) is -0.192. The van der Waals surface area contributed by atoms with E-state index < -0.39 is 35.6 Å². The predicted octanol–water partition coefficient (Wildman–Crippen LogP) is 4.54. The van der Waals surface area contributed by atoms with Gasteiger partial charge in [0.15, 0.2) is 0 Å². The number of primary amides is 1. The van der Waals surface area contributed by atoms with Gasteiger partial charge in [0.2, 0.25) is 17.7 Å². The van der Waals surface area contributed by atoms with Gasteiger partial charge in [0.25, 0.3) is 17.7 Å². The number of carbonyl (C=O) groups is 7. The number of Topliss-reactive ketones (excluding diaryl/α,β-unsaturated/α-hetero) is 1. The monoisotopic (exact) mass is 1010 g/mol. The first-order valence-electron chi connectivity index (χ1n) is 24.8. The summed E-state index contributed by atoms with van der Waals surface area (Å²) in [6.45, 7) is 6.75. The molecule has 20 heteroatoms. The number of imide groups is 2. The number of nitrogens with zero attached hydrogens (tertiary/aromatic N) is 6. The quantitative estimate of drug-likeness (QED) is 0.0817. The van der Waals surface area contributed by atoms with Gasteiger partial charge in [-0.15, -0.1) is 0 Å². The zero-order valence-corrected chi connectivity index (χ0v) is 41.4. The van der Waals surface area contributed by atoms with E-state index in [0.717, 1.165) is 80.3 Å². The number of aromatic nitrogens is 2. The fourth-order valence-corrected chi connectivity index (χ4v) is 10.4. The summed E-state index contributed by atoms with van der Waals surface area (Å²) in [6.07, 6.45) is 4.93. The third kappa shape index (κ3) is 11.8. The molecule has 5 aliphatic rings. The van der Waals surface area contributed by atoms with Crippen molar-refractivity contribution in [2.75, 3.05) is 89.0 Å². The van der Waals surface area contributed by atoms with Crippen molar-refractivity contribution in [2.45, 2.75) is 69.9 Å². The Morgan fingerprint density at radius 2 is 1.46 bits per heavy atom. The van der Waals surface area contributed by atoms with Crippen molar-refractivity contribution < 1.29 is 47.8 Å². The molecule has 0 radical (unpaired) electrons. The summed E-state index contributed by atoms with van der Waals surface area (Å²) in [6, 6.07) is 21.2. The van der Waals surface area contributed by atoms with Gasteiger partial charge in [-0.2, -0.15) is 18.6 Å². The highest BCUT2D eigenvalue weighted by Crippen LogP contribution is 2.40. The topological polar surface area (TPSA) is 228 Å². The predicted molar refractivity (Wildman–Crippen MR) is 271 cm³/mol. The molecule has 1 unspecified atom stereocenters. The first-order chi connectivity index (χ1) is 34.5. The molecular weight excluding hydrogens is 943 g/mol. The number of amides is 6. The summed E-state index contributed by atoms with van der Waals surface area (Å²) in [7, 11) is 0. The second-order valence-electron chi connectivity index (χ2n) is 18.7. The maximum Gasteiger partial charge on any atom is 0.262 e. The molecule has 72 heavy (non-hydrogen) atoms. The number of fused-ring (bicyclic) bond motifs is 2. The highest BCUT2D eigenvalue weighted by molar-refractivity contribution is 7.59. The van der Waals surface area contributed by atoms with Crippen molar-refractivity contribution in [3.8, 4) is 22.8 Å². The molecule has 5 aliphatic heterocycles. The zero-order valence-electron chi connectivity index (χ0n) is 40.4. The number of ketones is 1. The van der Waals surface area contributed by atoms with Crippen LogP contribution < -0.4 is 26.0 Å². The number of nitrogens with two attached hydrogens (primary N) is 1. The van der Waals surface area contributed by atoms with Crippen LogP contribution in [0.1, 0.15) is 94.9 Å². The van der Waals surface area contributed by atoms with Crippen molar-refractivity contribution >= 4 is 66.2 Å². The van der Waals surface area contributed by atoms with Crippen molar-refractivity contribution in [1.29, 1.82) is 0 Å². The molecule has 3 aromatic carbocycles. The number of ether oxygens (including phenoxy) is 3. The molecule has 6 amide bonds. The van der Waals surface area contributed by atoms with Crippen LogP contribution in [-0.4, -0.2) is 151 Å². The number of piperidine rings is 2. The number of nitrogens with one attached hydrogen (secondary N) is 2. The number of piperazine rings is 1. The van der Waals surface area contributed by atoms with Gasteiger partial charge in [0.1, 0.15) is 47.0 Å². The molecule has 2 atom stereocenters. The lowest BCUT2D eigenvalue weighted by Crippen LogP contribution is -2.54. The highest BCUT2D eigenvalue weighted by atomic mass is 32.1. The lowest BCUT2D eigenvalue weighted by Gasteiger charge is -2.38. The van der Waals surface area contributed by atoms with Crippen molar-refractivity contribution in [2.24, 2.45) is 11.7 Å². The van der Waals surface area contributed by atoms with Crippen molar-refractivity contribution in [1.82, 2.24) is 29.8 Å². The second-order valence-corrected chi connectivity index (χ2v) is 18.7. The molecule has 19 nitrogen and oxygen atoms in total. The summed E-state index contributed by atoms with van der Waals surface area (Å²) in [5, 5.41) is 10.6. The number of hydrogen-bond donors (Lipinski definition) is 3. The molecule has 4 aromatic rings. The maximum absolute atomic E-state index is 13.3. The van der Waals surface area contributed by atoms with Crippen LogP contribution in [-0.2, 0) is 28.7 Å². The molecule has 9 rings (SSSR count). The van der Waals surface area contributed by atoms with Crippen LogP contribution in [0.15, 0.2) is 72.8 Å². The van der Waals surface area contributed by atoms with E-state index >= 15 is 0 Å². The number of benzene rings is 3. The molecule has 6 heterocycles. The minimum Gasteiger partial charge on any atom is -0.457 e. The van der Waals surface area contributed by atoms with Crippen LogP contribution in [0.3, 0.4) is 0 Å². The Bertz CT molecular complexity index is 2630. The van der Waals surface area contributed by atoms with Crippen LogP contribution in [0.4, 0.5) is 11.5 Å². The lowest BCUT2D eigenvalue weighted by molar-refractivity contribution is -0.138. The average molecular weight is 1010 g/mol. The minimum atomic E-state index is -0.997. The van der Waals surface area contributed by atoms with Crippen molar-refractivity contribution in [3.05, 3.63) is 89.5 Å². The number of hydrogen-bond acceptors (Lipinski definition) is 14. The van der Waals surface area contributed by atoms with Crippen LogP contribution in [0, 0.1) is 5.92 Å². The van der Waals surface area contributed by atoms with E-state index in [-0.39, 0.29) is 74.3 Å². The molecule has 0 aliphatic carbocycles. The molecule has 3 saturated heterocycles. The molecule has 0 bridgehead atoms. The number of carbonyl (C=O) groups excluding carboxylic acids is 7. The number of anilines is 2. The average Bonchev–Trinajstić information content (AvgIpc) is 3.90. The number of rotatable bonds is 20. The maximum atomic E-state index is 13.3. The smallest absolute Gasteiger partial charge is 0.262 e. The van der Waals surface area contributed by atoms with E-state index in [9.17, 15) is 33.6 Å². The molecule has 0 saturated carbocycles. The fraction of sp³-hybridized carbons (Fsp3) is 0.462. The van der Waals surface area contributed by atoms with Gasteiger partial charge in [-0.25, -0.2) is 4.68 Å². The molecule has 3 fully saturated rings. The molecule has 382 valence electrons. The SMILES string of the molecule is NC(=O)c1c(-c2ccc(Oc3ccccc3)cc2)nn2c1NCC[C@H]2C1CCN(C(=O)COCCOCCCC(=O)CCCN2CCN(c3ccc4c(c3)C(=O)N(C3CCC(=O)NC3=O)C4=O)CC2)CC1.S. The van der Waals surface area contributed by atoms with Gasteiger partial charge in [-0.3, -0.25) is 48.7 Å². The molecule has 4 N–H and O–H groups in total. The number of para-hydroxylation sites is 1. The van der Waals surface area contributed by atoms with Gasteiger partial charge in [0.05, 0.1) is 30.4 Å². The highest BCUT2D eigenvalue weighted by Gasteiger charge is 2.45. The van der Waals surface area contributed by atoms with E-state index in [1.54, 1.807) is 12.1 Å². The Kier molecular flexibility index (Phi) is 17.1. The Labute approximate surface area is 425 Å². The zero-order chi connectivity index (χ0) is 49.4. The van der Waals surface area contributed by atoms with Gasteiger partial charge in [0, 0.05) is 82.9 Å². The second kappa shape index (κ2) is 23.7. The summed E-state index contributed by atoms with van der Waals surface area (Å²) in [4.78, 5) is 96.2. The van der Waals surface area contributed by atoms with Crippen LogP contribution in [0.25, 0.3) is 11.3 Å². The van der Waals surface area contributed by atoms with E-state index in [0.29, 0.717) is 74.9 Å². The van der Waals surface area contributed by atoms with Crippen LogP contribution in [0.2, 0.25) is 0 Å². The van der Waals surface area contributed by atoms with Gasteiger partial charge in [-0.1, -0.05) is 18.2 Å². The summed E-state index contributed by atoms with van der Waals surface area (Å²) in [5.41, 5.74) is 8.96. The van der Waals surface area contributed by atoms with Crippen molar-refractivity contribution in [3.63, 3.8) is 0 Å².